The molecule has 1 rings (SSSR count). The maximum absolute atomic E-state index is 11.5. The fraction of sp³-hybridized carbons (Fsp3) is 0.167. The Morgan fingerprint density at radius 2 is 2.00 bits per heavy atom. The van der Waals surface area contributed by atoms with Gasteiger partial charge in [0.05, 0.1) is 7.11 Å². The molecule has 1 N–H and O–H groups in total. The predicted octanol–water partition coefficient (Wildman–Crippen LogP) is 0.650. The Morgan fingerprint density at radius 1 is 1.38 bits per heavy atom. The van der Waals surface area contributed by atoms with E-state index in [1.807, 2.05) is 5.92 Å². The second-order valence-corrected chi connectivity index (χ2v) is 2.98. The molecule has 0 aliphatic carbocycles. The molecule has 0 saturated heterocycles. The van der Waals surface area contributed by atoms with Crippen molar-refractivity contribution in [2.45, 2.75) is 6.04 Å². The van der Waals surface area contributed by atoms with E-state index in [1.54, 1.807) is 30.3 Å². The van der Waals surface area contributed by atoms with Crippen molar-refractivity contribution in [3.63, 3.8) is 0 Å². The van der Waals surface area contributed by atoms with Crippen molar-refractivity contribution >= 4 is 11.9 Å². The Hall–Kier alpha value is -2.28. The van der Waals surface area contributed by atoms with E-state index >= 15 is 0 Å². The van der Waals surface area contributed by atoms with E-state index in [1.165, 1.54) is 7.11 Å². The molecule has 0 aliphatic heterocycles. The smallest absolute Gasteiger partial charge is 0.333 e. The van der Waals surface area contributed by atoms with Crippen LogP contribution in [0.5, 0.6) is 0 Å². The van der Waals surface area contributed by atoms with Crippen molar-refractivity contribution in [2.75, 3.05) is 7.11 Å². The molecule has 0 fully saturated rings. The van der Waals surface area contributed by atoms with Crippen LogP contribution >= 0.6 is 0 Å². The molecule has 1 aromatic rings. The molecule has 82 valence electrons. The first-order chi connectivity index (χ1) is 7.69. The van der Waals surface area contributed by atoms with E-state index < -0.39 is 17.9 Å². The Bertz CT molecular complexity index is 420. The van der Waals surface area contributed by atoms with Gasteiger partial charge in [0.15, 0.2) is 6.04 Å². The molecule has 0 bridgehead atoms. The van der Waals surface area contributed by atoms with E-state index in [4.69, 9.17) is 6.42 Å². The topological polar surface area (TPSA) is 55.4 Å². The van der Waals surface area contributed by atoms with Gasteiger partial charge in [-0.2, -0.15) is 0 Å². The lowest BCUT2D eigenvalue weighted by molar-refractivity contribution is -0.144. The molecule has 0 saturated carbocycles. The summed E-state index contributed by atoms with van der Waals surface area (Å²) in [5.41, 5.74) is 0.623. The molecule has 0 heterocycles. The summed E-state index contributed by atoms with van der Waals surface area (Å²) in [6.07, 6.45) is 4.93. The van der Waals surface area contributed by atoms with Crippen molar-refractivity contribution in [2.24, 2.45) is 0 Å². The quantitative estimate of drug-likeness (QED) is 0.597. The molecular formula is C12H11NO3. The van der Waals surface area contributed by atoms with Gasteiger partial charge in [0.1, 0.15) is 0 Å². The summed E-state index contributed by atoms with van der Waals surface area (Å²) in [4.78, 5) is 22.5. The van der Waals surface area contributed by atoms with Crippen molar-refractivity contribution in [3.05, 3.63) is 35.9 Å². The maximum Gasteiger partial charge on any atom is 0.333 e. The predicted molar refractivity (Wildman–Crippen MR) is 58.2 cm³/mol. The molecule has 0 spiro atoms. The van der Waals surface area contributed by atoms with Crippen LogP contribution in [0, 0.1) is 12.3 Å². The minimum absolute atomic E-state index is 0.560. The molecule has 0 radical (unpaired) electrons. The monoisotopic (exact) mass is 217 g/mol. The minimum Gasteiger partial charge on any atom is -0.467 e. The van der Waals surface area contributed by atoms with Crippen molar-refractivity contribution < 1.29 is 14.3 Å². The van der Waals surface area contributed by atoms with E-state index in [0.29, 0.717) is 5.56 Å². The van der Waals surface area contributed by atoms with Gasteiger partial charge in [0, 0.05) is 0 Å². The second-order valence-electron chi connectivity index (χ2n) is 2.98. The first kappa shape index (κ1) is 11.8. The number of methoxy groups -OCH3 is 1. The van der Waals surface area contributed by atoms with Crippen LogP contribution in [0.1, 0.15) is 11.6 Å². The van der Waals surface area contributed by atoms with Crippen LogP contribution in [0.15, 0.2) is 30.3 Å². The van der Waals surface area contributed by atoms with Crippen molar-refractivity contribution in [1.82, 2.24) is 5.32 Å². The van der Waals surface area contributed by atoms with Gasteiger partial charge in [0.2, 0.25) is 0 Å². The molecule has 16 heavy (non-hydrogen) atoms. The number of rotatable bonds is 3. The Labute approximate surface area is 93.6 Å². The van der Waals surface area contributed by atoms with Crippen LogP contribution in [0.25, 0.3) is 0 Å². The Balaban J connectivity index is 2.93. The molecular weight excluding hydrogens is 206 g/mol. The molecule has 1 aromatic carbocycles. The van der Waals surface area contributed by atoms with Crippen molar-refractivity contribution in [3.8, 4) is 12.3 Å². The average Bonchev–Trinajstić information content (AvgIpc) is 2.35. The van der Waals surface area contributed by atoms with E-state index in [2.05, 4.69) is 10.1 Å². The summed E-state index contributed by atoms with van der Waals surface area (Å²) in [5, 5.41) is 2.38. The number of hydrogen-bond acceptors (Lipinski definition) is 3. The number of amides is 1. The van der Waals surface area contributed by atoms with Gasteiger partial charge in [-0.3, -0.25) is 4.79 Å². The summed E-state index contributed by atoms with van der Waals surface area (Å²) in [7, 11) is 1.25. The molecule has 1 atom stereocenters. The van der Waals surface area contributed by atoms with Gasteiger partial charge in [-0.15, -0.1) is 6.42 Å². The van der Waals surface area contributed by atoms with Gasteiger partial charge in [-0.05, 0) is 11.5 Å². The number of benzene rings is 1. The number of terminal acetylenes is 1. The average molecular weight is 217 g/mol. The highest BCUT2D eigenvalue weighted by Gasteiger charge is 2.22. The highest BCUT2D eigenvalue weighted by atomic mass is 16.5. The van der Waals surface area contributed by atoms with Gasteiger partial charge < -0.3 is 10.1 Å². The van der Waals surface area contributed by atoms with Crippen molar-refractivity contribution in [1.29, 1.82) is 0 Å². The lowest BCUT2D eigenvalue weighted by Crippen LogP contribution is -2.33. The zero-order chi connectivity index (χ0) is 12.0. The van der Waals surface area contributed by atoms with Gasteiger partial charge >= 0.3 is 5.97 Å². The molecule has 1 amide bonds. The molecule has 1 unspecified atom stereocenters. The van der Waals surface area contributed by atoms with Crippen LogP contribution in [-0.2, 0) is 14.3 Å². The third-order valence-electron chi connectivity index (χ3n) is 1.98. The first-order valence-electron chi connectivity index (χ1n) is 4.59. The highest BCUT2D eigenvalue weighted by molar-refractivity contribution is 5.95. The van der Waals surface area contributed by atoms with Gasteiger partial charge in [-0.1, -0.05) is 30.3 Å². The van der Waals surface area contributed by atoms with E-state index in [-0.39, 0.29) is 0 Å². The zero-order valence-corrected chi connectivity index (χ0v) is 8.77. The number of nitrogens with one attached hydrogen (secondary N) is 1. The van der Waals surface area contributed by atoms with Crippen LogP contribution < -0.4 is 5.32 Å². The SMILES string of the molecule is C#CC(=O)NC(C(=O)OC)c1ccccc1. The summed E-state index contributed by atoms with van der Waals surface area (Å²) in [6, 6.07) is 7.87. The van der Waals surface area contributed by atoms with E-state index in [0.717, 1.165) is 0 Å². The lowest BCUT2D eigenvalue weighted by atomic mass is 10.1. The molecule has 4 heteroatoms. The summed E-state index contributed by atoms with van der Waals surface area (Å²) < 4.78 is 4.59. The van der Waals surface area contributed by atoms with Crippen LogP contribution in [0.4, 0.5) is 0 Å². The Morgan fingerprint density at radius 3 is 2.50 bits per heavy atom. The minimum atomic E-state index is -0.866. The van der Waals surface area contributed by atoms with E-state index in [9.17, 15) is 9.59 Å². The maximum atomic E-state index is 11.5. The Kier molecular flexibility index (Phi) is 4.10. The number of carbonyl (C=O) groups excluding carboxylic acids is 2. The molecule has 0 aliphatic rings. The fourth-order valence-electron chi connectivity index (χ4n) is 1.21. The third-order valence-corrected chi connectivity index (χ3v) is 1.98. The first-order valence-corrected chi connectivity index (χ1v) is 4.59. The number of carbonyl (C=O) groups is 2. The number of hydrogen-bond donors (Lipinski definition) is 1. The standard InChI is InChI=1S/C12H11NO3/c1-3-10(14)13-11(12(15)16-2)9-7-5-4-6-8-9/h1,4-8,11H,2H3,(H,13,14). The summed E-state index contributed by atoms with van der Waals surface area (Å²) in [6.45, 7) is 0. The van der Waals surface area contributed by atoms with Gasteiger partial charge in [0.25, 0.3) is 5.91 Å². The summed E-state index contributed by atoms with van der Waals surface area (Å²) in [5.74, 6) is 0.673. The summed E-state index contributed by atoms with van der Waals surface area (Å²) >= 11 is 0. The lowest BCUT2D eigenvalue weighted by Gasteiger charge is -2.14. The normalized spacial score (nSPS) is 11.0. The largest absolute Gasteiger partial charge is 0.467 e. The fourth-order valence-corrected chi connectivity index (χ4v) is 1.21. The highest BCUT2D eigenvalue weighted by Crippen LogP contribution is 2.13. The molecule has 4 nitrogen and oxygen atoms in total. The van der Waals surface area contributed by atoms with Crippen LogP contribution in [0.3, 0.4) is 0 Å². The van der Waals surface area contributed by atoms with Crippen LogP contribution in [-0.4, -0.2) is 19.0 Å². The number of ether oxygens (including phenoxy) is 1. The zero-order valence-electron chi connectivity index (χ0n) is 8.77. The number of esters is 1. The molecule has 0 aromatic heterocycles. The second kappa shape index (κ2) is 5.56. The van der Waals surface area contributed by atoms with Gasteiger partial charge in [-0.25, -0.2) is 4.79 Å². The van der Waals surface area contributed by atoms with Crippen LogP contribution in [0.2, 0.25) is 0 Å². The third kappa shape index (κ3) is 2.85.